The molecule has 0 heterocycles. The summed E-state index contributed by atoms with van der Waals surface area (Å²) >= 11 is 0. The van der Waals surface area contributed by atoms with Crippen LogP contribution >= 0.6 is 0 Å². The van der Waals surface area contributed by atoms with E-state index in [1.165, 1.54) is 6.92 Å². The Balaban J connectivity index is 2.51. The van der Waals surface area contributed by atoms with Crippen LogP contribution in [0.4, 0.5) is 8.78 Å². The Labute approximate surface area is 122 Å². The van der Waals surface area contributed by atoms with E-state index in [1.807, 2.05) is 13.8 Å². The average molecular weight is 299 g/mol. The van der Waals surface area contributed by atoms with Crippen LogP contribution in [0.15, 0.2) is 18.2 Å². The first-order valence-corrected chi connectivity index (χ1v) is 6.69. The normalized spacial score (nSPS) is 12.1. The van der Waals surface area contributed by atoms with Crippen molar-refractivity contribution in [2.75, 3.05) is 6.61 Å². The predicted molar refractivity (Wildman–Crippen MR) is 73.5 cm³/mol. The fourth-order valence-electron chi connectivity index (χ4n) is 1.62. The molecule has 0 bridgehead atoms. The third kappa shape index (κ3) is 6.33. The summed E-state index contributed by atoms with van der Waals surface area (Å²) in [6.45, 7) is 5.56. The molecule has 6 heteroatoms. The molecule has 0 unspecified atom stereocenters. The first-order valence-electron chi connectivity index (χ1n) is 6.69. The summed E-state index contributed by atoms with van der Waals surface area (Å²) in [5, 5.41) is 2.43. The number of ether oxygens (including phenoxy) is 1. The highest BCUT2D eigenvalue weighted by molar-refractivity contribution is 5.85. The van der Waals surface area contributed by atoms with Gasteiger partial charge in [-0.05, 0) is 30.5 Å². The number of amides is 1. The zero-order chi connectivity index (χ0) is 16.0. The van der Waals surface area contributed by atoms with E-state index in [4.69, 9.17) is 4.74 Å². The number of hydrogen-bond acceptors (Lipinski definition) is 3. The number of carbonyl (C=O) groups excluding carboxylic acids is 2. The monoisotopic (exact) mass is 299 g/mol. The van der Waals surface area contributed by atoms with Crippen LogP contribution < -0.4 is 5.32 Å². The second-order valence-corrected chi connectivity index (χ2v) is 5.27. The Kier molecular flexibility index (Phi) is 6.27. The van der Waals surface area contributed by atoms with E-state index in [0.29, 0.717) is 0 Å². The van der Waals surface area contributed by atoms with Crippen molar-refractivity contribution >= 4 is 11.9 Å². The van der Waals surface area contributed by atoms with Gasteiger partial charge >= 0.3 is 5.97 Å². The van der Waals surface area contributed by atoms with E-state index in [2.05, 4.69) is 5.32 Å². The summed E-state index contributed by atoms with van der Waals surface area (Å²) < 4.78 is 31.0. The van der Waals surface area contributed by atoms with Crippen LogP contribution in [-0.2, 0) is 20.7 Å². The lowest BCUT2D eigenvalue weighted by Gasteiger charge is -2.14. The number of hydrogen-bond donors (Lipinski definition) is 1. The van der Waals surface area contributed by atoms with E-state index < -0.39 is 29.6 Å². The Morgan fingerprint density at radius 2 is 1.71 bits per heavy atom. The molecule has 0 aliphatic rings. The number of rotatable bonds is 6. The topological polar surface area (TPSA) is 55.4 Å². The van der Waals surface area contributed by atoms with Crippen LogP contribution in [0.5, 0.6) is 0 Å². The largest absolute Gasteiger partial charge is 0.464 e. The van der Waals surface area contributed by atoms with Crippen molar-refractivity contribution in [2.45, 2.75) is 33.2 Å². The molecule has 21 heavy (non-hydrogen) atoms. The minimum atomic E-state index is -0.811. The van der Waals surface area contributed by atoms with Crippen molar-refractivity contribution in [3.63, 3.8) is 0 Å². The number of halogens is 2. The summed E-state index contributed by atoms with van der Waals surface area (Å²) in [4.78, 5) is 23.3. The fourth-order valence-corrected chi connectivity index (χ4v) is 1.62. The van der Waals surface area contributed by atoms with Crippen LogP contribution in [-0.4, -0.2) is 24.5 Å². The fraction of sp³-hybridized carbons (Fsp3) is 0.467. The molecule has 116 valence electrons. The lowest BCUT2D eigenvalue weighted by Crippen LogP contribution is -2.40. The summed E-state index contributed by atoms with van der Waals surface area (Å²) in [6.07, 6.45) is -0.212. The van der Waals surface area contributed by atoms with Crippen LogP contribution in [0.2, 0.25) is 0 Å². The molecule has 0 saturated carbocycles. The number of benzene rings is 1. The highest BCUT2D eigenvalue weighted by Crippen LogP contribution is 2.08. The molecule has 0 fully saturated rings. The van der Waals surface area contributed by atoms with Gasteiger partial charge in [0.25, 0.3) is 0 Å². The molecule has 0 radical (unpaired) electrons. The molecule has 1 N–H and O–H groups in total. The molecule has 4 nitrogen and oxygen atoms in total. The number of esters is 1. The molecule has 1 rings (SSSR count). The van der Waals surface area contributed by atoms with Crippen LogP contribution in [0.25, 0.3) is 0 Å². The van der Waals surface area contributed by atoms with E-state index in [9.17, 15) is 18.4 Å². The van der Waals surface area contributed by atoms with E-state index in [-0.39, 0.29) is 24.5 Å². The Morgan fingerprint density at radius 3 is 2.24 bits per heavy atom. The maximum absolute atomic E-state index is 13.0. The smallest absolute Gasteiger partial charge is 0.328 e. The van der Waals surface area contributed by atoms with Gasteiger partial charge in [-0.25, -0.2) is 13.6 Å². The molecule has 0 aliphatic carbocycles. The van der Waals surface area contributed by atoms with Gasteiger partial charge in [0.1, 0.15) is 17.7 Å². The third-order valence-corrected chi connectivity index (χ3v) is 2.58. The Hall–Kier alpha value is -1.98. The quantitative estimate of drug-likeness (QED) is 0.819. The third-order valence-electron chi connectivity index (χ3n) is 2.58. The molecular formula is C15H19F2NO3. The molecule has 0 aliphatic heterocycles. The second-order valence-electron chi connectivity index (χ2n) is 5.27. The van der Waals surface area contributed by atoms with Crippen LogP contribution in [0.3, 0.4) is 0 Å². The zero-order valence-electron chi connectivity index (χ0n) is 12.3. The molecular weight excluding hydrogens is 280 g/mol. The zero-order valence-corrected chi connectivity index (χ0v) is 12.3. The average Bonchev–Trinajstić information content (AvgIpc) is 2.34. The molecule has 0 saturated heterocycles. The molecule has 0 aromatic heterocycles. The van der Waals surface area contributed by atoms with E-state index in [0.717, 1.165) is 18.2 Å². The van der Waals surface area contributed by atoms with Crippen molar-refractivity contribution in [2.24, 2.45) is 5.92 Å². The van der Waals surface area contributed by atoms with Crippen molar-refractivity contribution in [1.82, 2.24) is 5.32 Å². The van der Waals surface area contributed by atoms with Crippen molar-refractivity contribution in [1.29, 1.82) is 0 Å². The van der Waals surface area contributed by atoms with Crippen LogP contribution in [0.1, 0.15) is 26.3 Å². The summed E-state index contributed by atoms with van der Waals surface area (Å²) in [7, 11) is 0. The lowest BCUT2D eigenvalue weighted by molar-refractivity contribution is -0.148. The highest BCUT2D eigenvalue weighted by Gasteiger charge is 2.17. The molecule has 1 aromatic rings. The Bertz CT molecular complexity index is 497. The van der Waals surface area contributed by atoms with Gasteiger partial charge in [-0.1, -0.05) is 13.8 Å². The van der Waals surface area contributed by atoms with Gasteiger partial charge in [0.15, 0.2) is 0 Å². The maximum Gasteiger partial charge on any atom is 0.328 e. The number of carbonyl (C=O) groups is 2. The Morgan fingerprint density at radius 1 is 1.14 bits per heavy atom. The standard InChI is InChI=1S/C15H19F2NO3/c1-9(2)8-21-15(20)10(3)18-14(19)6-11-4-12(16)7-13(17)5-11/h4-5,7,9-10H,6,8H2,1-3H3,(H,18,19)/t10-/m0/s1. The predicted octanol–water partition coefficient (Wildman–Crippen LogP) is 2.21. The van der Waals surface area contributed by atoms with Crippen molar-refractivity contribution < 1.29 is 23.1 Å². The van der Waals surface area contributed by atoms with Gasteiger partial charge in [0.2, 0.25) is 5.91 Å². The van der Waals surface area contributed by atoms with Gasteiger partial charge in [-0.3, -0.25) is 4.79 Å². The molecule has 0 spiro atoms. The second kappa shape index (κ2) is 7.71. The summed E-state index contributed by atoms with van der Waals surface area (Å²) in [6, 6.07) is 2.07. The van der Waals surface area contributed by atoms with Gasteiger partial charge in [-0.15, -0.1) is 0 Å². The minimum absolute atomic E-state index is 0.201. The molecule has 1 amide bonds. The lowest BCUT2D eigenvalue weighted by atomic mass is 10.1. The van der Waals surface area contributed by atoms with Crippen molar-refractivity contribution in [3.05, 3.63) is 35.4 Å². The van der Waals surface area contributed by atoms with Crippen LogP contribution in [0, 0.1) is 17.6 Å². The van der Waals surface area contributed by atoms with Crippen molar-refractivity contribution in [3.8, 4) is 0 Å². The van der Waals surface area contributed by atoms with Gasteiger partial charge < -0.3 is 10.1 Å². The highest BCUT2D eigenvalue weighted by atomic mass is 19.1. The molecule has 1 aromatic carbocycles. The van der Waals surface area contributed by atoms with E-state index in [1.54, 1.807) is 0 Å². The minimum Gasteiger partial charge on any atom is -0.464 e. The maximum atomic E-state index is 13.0. The van der Waals surface area contributed by atoms with Gasteiger partial charge in [0.05, 0.1) is 13.0 Å². The first-order chi connectivity index (χ1) is 9.77. The summed E-state index contributed by atoms with van der Waals surface area (Å²) in [5.74, 6) is -2.34. The number of nitrogens with one attached hydrogen (secondary N) is 1. The van der Waals surface area contributed by atoms with Gasteiger partial charge in [0, 0.05) is 6.07 Å². The molecule has 1 atom stereocenters. The first kappa shape index (κ1) is 17.1. The van der Waals surface area contributed by atoms with E-state index >= 15 is 0 Å². The SMILES string of the molecule is CC(C)COC(=O)[C@H](C)NC(=O)Cc1cc(F)cc(F)c1. The van der Waals surface area contributed by atoms with Gasteiger partial charge in [-0.2, -0.15) is 0 Å². The summed E-state index contributed by atoms with van der Waals surface area (Å²) in [5.41, 5.74) is 0.202.